The number of ether oxygens (including phenoxy) is 1. The Kier molecular flexibility index (Phi) is 5.71. The predicted molar refractivity (Wildman–Crippen MR) is 80.4 cm³/mol. The maximum atomic E-state index is 6.03. The molecule has 0 saturated heterocycles. The summed E-state index contributed by atoms with van der Waals surface area (Å²) in [5.74, 6) is 2.41. The van der Waals surface area contributed by atoms with Crippen molar-refractivity contribution in [1.82, 2.24) is 0 Å². The van der Waals surface area contributed by atoms with Gasteiger partial charge in [0.25, 0.3) is 0 Å². The Balaban J connectivity index is 1.96. The lowest BCUT2D eigenvalue weighted by atomic mass is 9.82. The average molecular weight is 261 g/mol. The molecule has 2 rings (SSSR count). The first-order valence-electron chi connectivity index (χ1n) is 7.66. The van der Waals surface area contributed by atoms with E-state index >= 15 is 0 Å². The quantitative estimate of drug-likeness (QED) is 0.819. The zero-order valence-electron chi connectivity index (χ0n) is 12.1. The van der Waals surface area contributed by atoms with Crippen molar-refractivity contribution in [2.75, 3.05) is 13.7 Å². The fourth-order valence-corrected chi connectivity index (χ4v) is 3.29. The molecule has 1 aromatic carbocycles. The number of hydrogen-bond donors (Lipinski definition) is 1. The van der Waals surface area contributed by atoms with Crippen LogP contribution in [0.4, 0.5) is 0 Å². The van der Waals surface area contributed by atoms with Gasteiger partial charge < -0.3 is 10.5 Å². The molecule has 2 nitrogen and oxygen atoms in total. The summed E-state index contributed by atoms with van der Waals surface area (Å²) in [6.07, 6.45) is 9.47. The van der Waals surface area contributed by atoms with E-state index in [1.54, 1.807) is 7.11 Å². The van der Waals surface area contributed by atoms with E-state index in [1.807, 2.05) is 0 Å². The largest absolute Gasteiger partial charge is 0.497 e. The van der Waals surface area contributed by atoms with Crippen molar-refractivity contribution in [2.24, 2.45) is 17.6 Å². The molecule has 1 unspecified atom stereocenters. The number of rotatable bonds is 5. The summed E-state index contributed by atoms with van der Waals surface area (Å²) < 4.78 is 5.21. The summed E-state index contributed by atoms with van der Waals surface area (Å²) in [4.78, 5) is 0. The first-order valence-corrected chi connectivity index (χ1v) is 7.66. The Bertz CT molecular complexity index is 352. The van der Waals surface area contributed by atoms with Gasteiger partial charge in [0.2, 0.25) is 0 Å². The lowest BCUT2D eigenvalue weighted by molar-refractivity contribution is 0.302. The second-order valence-electron chi connectivity index (χ2n) is 5.80. The maximum Gasteiger partial charge on any atom is 0.118 e. The minimum absolute atomic E-state index is 0.645. The first kappa shape index (κ1) is 14.4. The molecule has 0 aliphatic heterocycles. The second kappa shape index (κ2) is 7.54. The van der Waals surface area contributed by atoms with Gasteiger partial charge in [-0.25, -0.2) is 0 Å². The summed E-state index contributed by atoms with van der Waals surface area (Å²) in [7, 11) is 1.71. The topological polar surface area (TPSA) is 35.2 Å². The highest BCUT2D eigenvalue weighted by Gasteiger charge is 2.21. The van der Waals surface area contributed by atoms with Gasteiger partial charge in [0.15, 0.2) is 0 Å². The van der Waals surface area contributed by atoms with Crippen LogP contribution in [0.25, 0.3) is 0 Å². The van der Waals surface area contributed by atoms with Crippen molar-refractivity contribution in [3.8, 4) is 5.75 Å². The molecule has 1 aromatic rings. The molecule has 0 bridgehead atoms. The van der Waals surface area contributed by atoms with Gasteiger partial charge >= 0.3 is 0 Å². The number of nitrogens with two attached hydrogens (primary N) is 1. The summed E-state index contributed by atoms with van der Waals surface area (Å²) in [6, 6.07) is 8.46. The molecule has 2 heteroatoms. The van der Waals surface area contributed by atoms with Crippen LogP contribution in [0.5, 0.6) is 5.75 Å². The third-order valence-corrected chi connectivity index (χ3v) is 4.53. The average Bonchev–Trinajstić information content (AvgIpc) is 2.74. The van der Waals surface area contributed by atoms with E-state index in [9.17, 15) is 0 Å². The molecule has 1 aliphatic carbocycles. The molecule has 1 fully saturated rings. The van der Waals surface area contributed by atoms with Crippen LogP contribution in [0.2, 0.25) is 0 Å². The van der Waals surface area contributed by atoms with E-state index in [1.165, 1.54) is 44.1 Å². The molecular weight excluding hydrogens is 234 g/mol. The fourth-order valence-electron chi connectivity index (χ4n) is 3.29. The van der Waals surface area contributed by atoms with Crippen molar-refractivity contribution in [3.05, 3.63) is 29.8 Å². The highest BCUT2D eigenvalue weighted by Crippen LogP contribution is 2.30. The predicted octanol–water partition coefficient (Wildman–Crippen LogP) is 3.78. The second-order valence-corrected chi connectivity index (χ2v) is 5.80. The van der Waals surface area contributed by atoms with E-state index in [0.717, 1.165) is 24.6 Å². The van der Waals surface area contributed by atoms with Gasteiger partial charge in [-0.3, -0.25) is 0 Å². The van der Waals surface area contributed by atoms with Crippen LogP contribution in [0.15, 0.2) is 24.3 Å². The van der Waals surface area contributed by atoms with Crippen LogP contribution < -0.4 is 10.5 Å². The van der Waals surface area contributed by atoms with Gasteiger partial charge in [-0.1, -0.05) is 50.7 Å². The Labute approximate surface area is 117 Å². The highest BCUT2D eigenvalue weighted by molar-refractivity contribution is 5.27. The Morgan fingerprint density at radius 1 is 1.11 bits per heavy atom. The summed E-state index contributed by atoms with van der Waals surface area (Å²) in [5, 5.41) is 0. The van der Waals surface area contributed by atoms with Crippen molar-refractivity contribution in [2.45, 2.75) is 44.9 Å². The molecule has 1 atom stereocenters. The lowest BCUT2D eigenvalue weighted by Crippen LogP contribution is -2.25. The van der Waals surface area contributed by atoms with Crippen molar-refractivity contribution in [3.63, 3.8) is 0 Å². The van der Waals surface area contributed by atoms with E-state index in [0.29, 0.717) is 5.92 Å². The van der Waals surface area contributed by atoms with Crippen LogP contribution in [0.1, 0.15) is 44.1 Å². The number of methoxy groups -OCH3 is 1. The molecular formula is C17H27NO. The van der Waals surface area contributed by atoms with E-state index in [-0.39, 0.29) is 0 Å². The smallest absolute Gasteiger partial charge is 0.118 e. The molecule has 0 amide bonds. The summed E-state index contributed by atoms with van der Waals surface area (Å²) in [6.45, 7) is 0.816. The molecule has 0 spiro atoms. The summed E-state index contributed by atoms with van der Waals surface area (Å²) >= 11 is 0. The third kappa shape index (κ3) is 4.24. The van der Waals surface area contributed by atoms with Crippen LogP contribution in [0, 0.1) is 11.8 Å². The van der Waals surface area contributed by atoms with Crippen molar-refractivity contribution >= 4 is 0 Å². The van der Waals surface area contributed by atoms with Crippen molar-refractivity contribution in [1.29, 1.82) is 0 Å². The number of hydrogen-bond acceptors (Lipinski definition) is 2. The maximum absolute atomic E-state index is 6.03. The normalized spacial score (nSPS) is 18.8. The molecule has 0 aromatic heterocycles. The van der Waals surface area contributed by atoms with Gasteiger partial charge in [-0.15, -0.1) is 0 Å². The molecule has 0 radical (unpaired) electrons. The summed E-state index contributed by atoms with van der Waals surface area (Å²) in [5.41, 5.74) is 7.42. The monoisotopic (exact) mass is 261 g/mol. The standard InChI is InChI=1S/C17H27NO/c1-19-17-10-8-14(9-11-17)12-16(13-18)15-6-4-2-3-5-7-15/h8-11,15-16H,2-7,12-13,18H2,1H3. The van der Waals surface area contributed by atoms with E-state index in [4.69, 9.17) is 10.5 Å². The Hall–Kier alpha value is -1.02. The Morgan fingerprint density at radius 3 is 2.26 bits per heavy atom. The number of benzene rings is 1. The molecule has 2 N–H and O–H groups in total. The van der Waals surface area contributed by atoms with Gasteiger partial charge in [0.1, 0.15) is 5.75 Å². The van der Waals surface area contributed by atoms with Crippen LogP contribution in [-0.2, 0) is 6.42 Å². The zero-order chi connectivity index (χ0) is 13.5. The van der Waals surface area contributed by atoms with Crippen LogP contribution in [0.3, 0.4) is 0 Å². The van der Waals surface area contributed by atoms with E-state index in [2.05, 4.69) is 24.3 Å². The highest BCUT2D eigenvalue weighted by atomic mass is 16.5. The third-order valence-electron chi connectivity index (χ3n) is 4.53. The van der Waals surface area contributed by atoms with Gasteiger partial charge in [0, 0.05) is 0 Å². The molecule has 19 heavy (non-hydrogen) atoms. The van der Waals surface area contributed by atoms with Gasteiger partial charge in [-0.05, 0) is 42.5 Å². The van der Waals surface area contributed by atoms with Gasteiger partial charge in [0.05, 0.1) is 7.11 Å². The molecule has 1 saturated carbocycles. The lowest BCUT2D eigenvalue weighted by Gasteiger charge is -2.25. The molecule has 1 aliphatic rings. The first-order chi connectivity index (χ1) is 9.33. The van der Waals surface area contributed by atoms with Crippen molar-refractivity contribution < 1.29 is 4.74 Å². The SMILES string of the molecule is COc1ccc(CC(CN)C2CCCCCC2)cc1. The van der Waals surface area contributed by atoms with Crippen LogP contribution in [-0.4, -0.2) is 13.7 Å². The molecule has 106 valence electrons. The minimum Gasteiger partial charge on any atom is -0.497 e. The van der Waals surface area contributed by atoms with E-state index < -0.39 is 0 Å². The Morgan fingerprint density at radius 2 is 1.74 bits per heavy atom. The zero-order valence-corrected chi connectivity index (χ0v) is 12.1. The fraction of sp³-hybridized carbons (Fsp3) is 0.647. The van der Waals surface area contributed by atoms with Crippen LogP contribution >= 0.6 is 0 Å². The van der Waals surface area contributed by atoms with Gasteiger partial charge in [-0.2, -0.15) is 0 Å². The molecule has 0 heterocycles. The minimum atomic E-state index is 0.645.